The van der Waals surface area contributed by atoms with Gasteiger partial charge >= 0.3 is 6.09 Å². The topological polar surface area (TPSA) is 95.9 Å². The molecule has 0 spiro atoms. The smallest absolute Gasteiger partial charge is 0.414 e. The Morgan fingerprint density at radius 3 is 2.31 bits per heavy atom. The van der Waals surface area contributed by atoms with E-state index >= 15 is 0 Å². The summed E-state index contributed by atoms with van der Waals surface area (Å²) in [4.78, 5) is 24.7. The van der Waals surface area contributed by atoms with E-state index in [0.29, 0.717) is 22.9 Å². The SMILES string of the molecule is C[C@@H](CCO)[C@@H](OC(=O)NC(=O)c1ccccc1)c1ccc(O)c2ccccc12. The van der Waals surface area contributed by atoms with Crippen molar-refractivity contribution in [3.63, 3.8) is 0 Å². The molecule has 0 saturated heterocycles. The molecule has 0 aliphatic rings. The fourth-order valence-corrected chi connectivity index (χ4v) is 3.29. The molecule has 0 bridgehead atoms. The van der Waals surface area contributed by atoms with Gasteiger partial charge < -0.3 is 14.9 Å². The lowest BCUT2D eigenvalue weighted by atomic mass is 9.91. The minimum absolute atomic E-state index is 0.0678. The number of phenolic OH excluding ortho intramolecular Hbond substituents is 1. The number of ether oxygens (including phenoxy) is 1. The highest BCUT2D eigenvalue weighted by Gasteiger charge is 2.26. The molecule has 3 N–H and O–H groups in total. The van der Waals surface area contributed by atoms with E-state index < -0.39 is 18.1 Å². The number of fused-ring (bicyclic) bond motifs is 1. The van der Waals surface area contributed by atoms with Gasteiger partial charge in [0.05, 0.1) is 0 Å². The molecule has 0 aromatic heterocycles. The molecule has 0 radical (unpaired) electrons. The number of phenols is 1. The number of carbonyl (C=O) groups excluding carboxylic acids is 2. The van der Waals surface area contributed by atoms with Crippen LogP contribution >= 0.6 is 0 Å². The van der Waals surface area contributed by atoms with Crippen LogP contribution in [0.4, 0.5) is 4.79 Å². The maximum Gasteiger partial charge on any atom is 0.414 e. The maximum atomic E-state index is 12.5. The Bertz CT molecular complexity index is 1000. The third-order valence-corrected chi connectivity index (χ3v) is 4.83. The van der Waals surface area contributed by atoms with Crippen LogP contribution in [0.3, 0.4) is 0 Å². The van der Waals surface area contributed by atoms with Crippen LogP contribution in [0.25, 0.3) is 10.8 Å². The van der Waals surface area contributed by atoms with Gasteiger partial charge in [0, 0.05) is 23.1 Å². The molecule has 0 saturated carbocycles. The van der Waals surface area contributed by atoms with Gasteiger partial charge in [0.1, 0.15) is 11.9 Å². The van der Waals surface area contributed by atoms with Crippen molar-refractivity contribution in [1.82, 2.24) is 5.32 Å². The second-order valence-corrected chi connectivity index (χ2v) is 6.86. The Balaban J connectivity index is 1.88. The number of imide groups is 1. The van der Waals surface area contributed by atoms with Crippen LogP contribution in [0.2, 0.25) is 0 Å². The van der Waals surface area contributed by atoms with Gasteiger partial charge in [-0.2, -0.15) is 0 Å². The van der Waals surface area contributed by atoms with E-state index in [2.05, 4.69) is 5.32 Å². The molecule has 150 valence electrons. The first-order valence-electron chi connectivity index (χ1n) is 9.39. The Hall–Kier alpha value is -3.38. The van der Waals surface area contributed by atoms with Crippen molar-refractivity contribution in [2.24, 2.45) is 5.92 Å². The number of aromatic hydroxyl groups is 1. The van der Waals surface area contributed by atoms with Crippen LogP contribution < -0.4 is 5.32 Å². The molecule has 0 aliphatic carbocycles. The summed E-state index contributed by atoms with van der Waals surface area (Å²) in [6.45, 7) is 1.79. The van der Waals surface area contributed by atoms with Crippen molar-refractivity contribution in [1.29, 1.82) is 0 Å². The Labute approximate surface area is 168 Å². The van der Waals surface area contributed by atoms with Gasteiger partial charge in [-0.25, -0.2) is 4.79 Å². The molecular formula is C23H23NO5. The summed E-state index contributed by atoms with van der Waals surface area (Å²) >= 11 is 0. The molecule has 3 aromatic rings. The van der Waals surface area contributed by atoms with Gasteiger partial charge in [-0.05, 0) is 35.9 Å². The van der Waals surface area contributed by atoms with Crippen molar-refractivity contribution in [2.75, 3.05) is 6.61 Å². The van der Waals surface area contributed by atoms with Crippen LogP contribution in [0.1, 0.15) is 35.4 Å². The summed E-state index contributed by atoms with van der Waals surface area (Å²) in [6, 6.07) is 18.9. The zero-order valence-electron chi connectivity index (χ0n) is 16.0. The lowest BCUT2D eigenvalue weighted by molar-refractivity contribution is 0.0552. The second-order valence-electron chi connectivity index (χ2n) is 6.86. The number of amides is 2. The zero-order chi connectivity index (χ0) is 20.8. The number of benzene rings is 3. The number of hydrogen-bond donors (Lipinski definition) is 3. The number of alkyl carbamates (subject to hydrolysis) is 1. The van der Waals surface area contributed by atoms with Crippen molar-refractivity contribution in [3.05, 3.63) is 77.9 Å². The van der Waals surface area contributed by atoms with Crippen LogP contribution in [0, 0.1) is 5.92 Å². The van der Waals surface area contributed by atoms with E-state index in [1.807, 2.05) is 25.1 Å². The number of nitrogens with one attached hydrogen (secondary N) is 1. The van der Waals surface area contributed by atoms with Crippen LogP contribution in [0.5, 0.6) is 5.75 Å². The quantitative estimate of drug-likeness (QED) is 0.584. The third kappa shape index (κ3) is 4.73. The number of hydrogen-bond acceptors (Lipinski definition) is 5. The summed E-state index contributed by atoms with van der Waals surface area (Å²) in [5.74, 6) is -0.646. The monoisotopic (exact) mass is 393 g/mol. The van der Waals surface area contributed by atoms with Gasteiger partial charge in [0.15, 0.2) is 0 Å². The largest absolute Gasteiger partial charge is 0.507 e. The molecule has 0 unspecified atom stereocenters. The Morgan fingerprint density at radius 2 is 1.62 bits per heavy atom. The predicted octanol–water partition coefficient (Wildman–Crippen LogP) is 4.17. The minimum atomic E-state index is -0.870. The number of carbonyl (C=O) groups is 2. The van der Waals surface area contributed by atoms with E-state index in [1.165, 1.54) is 0 Å². The van der Waals surface area contributed by atoms with E-state index in [-0.39, 0.29) is 18.3 Å². The standard InChI is InChI=1S/C23H23NO5/c1-15(13-14-25)21(19-11-12-20(26)18-10-6-5-9-17(18)19)29-23(28)24-22(27)16-7-3-2-4-8-16/h2-12,15,21,25-26H,13-14H2,1H3,(H,24,27,28)/t15-,21+/m0/s1. The second kappa shape index (κ2) is 9.21. The van der Waals surface area contributed by atoms with Crippen molar-refractivity contribution < 1.29 is 24.5 Å². The van der Waals surface area contributed by atoms with Crippen molar-refractivity contribution in [3.8, 4) is 5.75 Å². The lowest BCUT2D eigenvalue weighted by Crippen LogP contribution is -2.33. The molecule has 6 heteroatoms. The molecular weight excluding hydrogens is 370 g/mol. The van der Waals surface area contributed by atoms with Crippen molar-refractivity contribution >= 4 is 22.8 Å². The van der Waals surface area contributed by atoms with E-state index in [1.54, 1.807) is 48.5 Å². The molecule has 0 heterocycles. The first-order valence-corrected chi connectivity index (χ1v) is 9.39. The molecule has 3 aromatic carbocycles. The lowest BCUT2D eigenvalue weighted by Gasteiger charge is -2.25. The molecule has 6 nitrogen and oxygen atoms in total. The van der Waals surface area contributed by atoms with Gasteiger partial charge in [-0.1, -0.05) is 55.5 Å². The zero-order valence-corrected chi connectivity index (χ0v) is 16.0. The van der Waals surface area contributed by atoms with Gasteiger partial charge in [-0.15, -0.1) is 0 Å². The van der Waals surface area contributed by atoms with E-state index in [4.69, 9.17) is 4.74 Å². The van der Waals surface area contributed by atoms with Crippen LogP contribution in [0.15, 0.2) is 66.7 Å². The Morgan fingerprint density at radius 1 is 0.966 bits per heavy atom. The van der Waals surface area contributed by atoms with Crippen LogP contribution in [-0.2, 0) is 4.74 Å². The molecule has 2 atom stereocenters. The van der Waals surface area contributed by atoms with Gasteiger partial charge in [-0.3, -0.25) is 10.1 Å². The van der Waals surface area contributed by atoms with Gasteiger partial charge in [0.2, 0.25) is 0 Å². The molecule has 3 rings (SSSR count). The average Bonchev–Trinajstić information content (AvgIpc) is 2.73. The average molecular weight is 393 g/mol. The summed E-state index contributed by atoms with van der Waals surface area (Å²) in [6.07, 6.45) is -1.18. The maximum absolute atomic E-state index is 12.5. The summed E-state index contributed by atoms with van der Waals surface area (Å²) in [7, 11) is 0. The molecule has 2 amide bonds. The van der Waals surface area contributed by atoms with Gasteiger partial charge in [0.25, 0.3) is 5.91 Å². The Kier molecular flexibility index (Phi) is 6.46. The normalized spacial score (nSPS) is 12.9. The number of aliphatic hydroxyl groups is 1. The third-order valence-electron chi connectivity index (χ3n) is 4.83. The first kappa shape index (κ1) is 20.4. The fraction of sp³-hybridized carbons (Fsp3) is 0.217. The number of rotatable bonds is 6. The minimum Gasteiger partial charge on any atom is -0.507 e. The molecule has 0 aliphatic heterocycles. The predicted molar refractivity (Wildman–Crippen MR) is 110 cm³/mol. The highest BCUT2D eigenvalue weighted by Crippen LogP contribution is 2.36. The summed E-state index contributed by atoms with van der Waals surface area (Å²) < 4.78 is 5.63. The van der Waals surface area contributed by atoms with E-state index in [9.17, 15) is 19.8 Å². The molecule has 0 fully saturated rings. The fourth-order valence-electron chi connectivity index (χ4n) is 3.29. The van der Waals surface area contributed by atoms with E-state index in [0.717, 1.165) is 5.39 Å². The van der Waals surface area contributed by atoms with Crippen LogP contribution in [-0.4, -0.2) is 28.8 Å². The van der Waals surface area contributed by atoms with Crippen molar-refractivity contribution in [2.45, 2.75) is 19.4 Å². The molecule has 29 heavy (non-hydrogen) atoms. The summed E-state index contributed by atoms with van der Waals surface area (Å²) in [5.41, 5.74) is 1.04. The number of aliphatic hydroxyl groups excluding tert-OH is 1. The highest BCUT2D eigenvalue weighted by atomic mass is 16.6. The first-order chi connectivity index (χ1) is 14.0. The highest BCUT2D eigenvalue weighted by molar-refractivity contribution is 6.02. The summed E-state index contributed by atoms with van der Waals surface area (Å²) in [5, 5.41) is 23.1.